The van der Waals surface area contributed by atoms with Gasteiger partial charge in [-0.15, -0.1) is 0 Å². The summed E-state index contributed by atoms with van der Waals surface area (Å²) in [7, 11) is 1.32. The largest absolute Gasteiger partial charge is 0.490 e. The fourth-order valence-corrected chi connectivity index (χ4v) is 2.27. The third-order valence-electron chi connectivity index (χ3n) is 3.46. The van der Waals surface area contributed by atoms with E-state index in [1.807, 2.05) is 6.92 Å². The van der Waals surface area contributed by atoms with Crippen molar-refractivity contribution in [3.8, 4) is 5.75 Å². The van der Waals surface area contributed by atoms with Crippen LogP contribution in [0, 0.1) is 21.8 Å². The minimum absolute atomic E-state index is 0.0272. The third kappa shape index (κ3) is 2.46. The first-order chi connectivity index (χ1) is 8.93. The number of hydrogen-bond acceptors (Lipinski definition) is 5. The average molecular weight is 269 g/mol. The van der Waals surface area contributed by atoms with Crippen LogP contribution in [0.5, 0.6) is 5.75 Å². The maximum atomic E-state index is 14.0. The molecule has 1 aromatic rings. The van der Waals surface area contributed by atoms with Crippen LogP contribution in [0.25, 0.3) is 0 Å². The van der Waals surface area contributed by atoms with Crippen molar-refractivity contribution >= 4 is 11.4 Å². The lowest BCUT2D eigenvalue weighted by molar-refractivity contribution is -0.385. The van der Waals surface area contributed by atoms with Gasteiger partial charge in [0.1, 0.15) is 0 Å². The Morgan fingerprint density at radius 3 is 2.68 bits per heavy atom. The second-order valence-corrected chi connectivity index (χ2v) is 4.78. The Morgan fingerprint density at radius 1 is 1.53 bits per heavy atom. The van der Waals surface area contributed by atoms with Crippen LogP contribution in [0.1, 0.15) is 6.92 Å². The zero-order valence-electron chi connectivity index (χ0n) is 10.8. The van der Waals surface area contributed by atoms with Gasteiger partial charge in [-0.25, -0.2) is 4.39 Å². The summed E-state index contributed by atoms with van der Waals surface area (Å²) < 4.78 is 18.9. The van der Waals surface area contributed by atoms with Crippen LogP contribution in [-0.2, 0) is 0 Å². The van der Waals surface area contributed by atoms with Gasteiger partial charge in [-0.05, 0) is 5.92 Å². The number of nitro groups is 1. The smallest absolute Gasteiger partial charge is 0.313 e. The summed E-state index contributed by atoms with van der Waals surface area (Å²) >= 11 is 0. The number of nitro benzene ring substituents is 1. The van der Waals surface area contributed by atoms with Gasteiger partial charge in [0.25, 0.3) is 0 Å². The van der Waals surface area contributed by atoms with Crippen molar-refractivity contribution in [1.29, 1.82) is 0 Å². The molecule has 2 atom stereocenters. The normalized spacial score (nSPS) is 22.6. The van der Waals surface area contributed by atoms with E-state index in [4.69, 9.17) is 10.5 Å². The number of nitrogens with zero attached hydrogens (tertiary/aromatic N) is 2. The highest BCUT2D eigenvalue weighted by Crippen LogP contribution is 2.35. The summed E-state index contributed by atoms with van der Waals surface area (Å²) in [5, 5.41) is 10.8. The summed E-state index contributed by atoms with van der Waals surface area (Å²) in [5.41, 5.74) is 5.82. The van der Waals surface area contributed by atoms with Crippen LogP contribution in [-0.4, -0.2) is 31.2 Å². The minimum Gasteiger partial charge on any atom is -0.490 e. The molecule has 6 nitrogen and oxygen atoms in total. The number of nitrogens with two attached hydrogens (primary N) is 1. The Kier molecular flexibility index (Phi) is 3.57. The number of hydrogen-bond donors (Lipinski definition) is 1. The van der Waals surface area contributed by atoms with Crippen molar-refractivity contribution in [3.05, 3.63) is 28.1 Å². The van der Waals surface area contributed by atoms with Crippen molar-refractivity contribution in [1.82, 2.24) is 0 Å². The monoisotopic (exact) mass is 269 g/mol. The molecule has 1 fully saturated rings. The lowest BCUT2D eigenvalue weighted by atomic mass is 10.1. The van der Waals surface area contributed by atoms with Gasteiger partial charge < -0.3 is 15.4 Å². The first-order valence-electron chi connectivity index (χ1n) is 5.96. The first kappa shape index (κ1) is 13.5. The molecule has 0 bridgehead atoms. The molecule has 7 heteroatoms. The zero-order valence-corrected chi connectivity index (χ0v) is 10.8. The zero-order chi connectivity index (χ0) is 14.2. The summed E-state index contributed by atoms with van der Waals surface area (Å²) in [4.78, 5) is 11.9. The molecule has 104 valence electrons. The summed E-state index contributed by atoms with van der Waals surface area (Å²) in [6.07, 6.45) is 0. The number of halogens is 1. The van der Waals surface area contributed by atoms with Crippen molar-refractivity contribution in [2.45, 2.75) is 13.0 Å². The maximum absolute atomic E-state index is 14.0. The number of benzene rings is 1. The van der Waals surface area contributed by atoms with Gasteiger partial charge >= 0.3 is 5.69 Å². The highest BCUT2D eigenvalue weighted by molar-refractivity contribution is 5.61. The van der Waals surface area contributed by atoms with Crippen molar-refractivity contribution < 1.29 is 14.1 Å². The molecule has 0 radical (unpaired) electrons. The average Bonchev–Trinajstić information content (AvgIpc) is 2.69. The standard InChI is InChI=1S/C12H16FN3O3/c1-7-5-15(6-9(7)14)10-4-12(19-2)11(16(17)18)3-8(10)13/h3-4,7,9H,5-6,14H2,1-2H3. The van der Waals surface area contributed by atoms with Crippen LogP contribution in [0.4, 0.5) is 15.8 Å². The molecule has 0 aliphatic carbocycles. The Bertz CT molecular complexity index is 499. The molecule has 1 heterocycles. The van der Waals surface area contributed by atoms with Gasteiger partial charge in [-0.2, -0.15) is 0 Å². The van der Waals surface area contributed by atoms with E-state index in [0.29, 0.717) is 18.8 Å². The Labute approximate surface area is 110 Å². The molecule has 2 unspecified atom stereocenters. The molecule has 1 aromatic carbocycles. The fourth-order valence-electron chi connectivity index (χ4n) is 2.27. The third-order valence-corrected chi connectivity index (χ3v) is 3.46. The lowest BCUT2D eigenvalue weighted by Crippen LogP contribution is -2.28. The van der Waals surface area contributed by atoms with Gasteiger partial charge in [0, 0.05) is 25.2 Å². The number of anilines is 1. The van der Waals surface area contributed by atoms with E-state index in [-0.39, 0.29) is 23.4 Å². The predicted molar refractivity (Wildman–Crippen MR) is 69.0 cm³/mol. The van der Waals surface area contributed by atoms with Crippen LogP contribution in [0.3, 0.4) is 0 Å². The van der Waals surface area contributed by atoms with Crippen LogP contribution in [0.2, 0.25) is 0 Å². The predicted octanol–water partition coefficient (Wildman–Crippen LogP) is 1.53. The second kappa shape index (κ2) is 5.00. The van der Waals surface area contributed by atoms with E-state index in [0.717, 1.165) is 6.07 Å². The Morgan fingerprint density at radius 2 is 2.21 bits per heavy atom. The molecule has 0 spiro atoms. The van der Waals surface area contributed by atoms with Crippen molar-refractivity contribution in [2.75, 3.05) is 25.1 Å². The number of methoxy groups -OCH3 is 1. The van der Waals surface area contributed by atoms with Crippen LogP contribution < -0.4 is 15.4 Å². The second-order valence-electron chi connectivity index (χ2n) is 4.78. The first-order valence-corrected chi connectivity index (χ1v) is 5.96. The van der Waals surface area contributed by atoms with E-state index in [1.165, 1.54) is 13.2 Å². The van der Waals surface area contributed by atoms with Crippen LogP contribution >= 0.6 is 0 Å². The SMILES string of the molecule is COc1cc(N2CC(C)C(N)C2)c(F)cc1[N+](=O)[O-]. The Balaban J connectivity index is 2.39. The quantitative estimate of drug-likeness (QED) is 0.664. The summed E-state index contributed by atoms with van der Waals surface area (Å²) in [6, 6.07) is 2.22. The number of rotatable bonds is 3. The van der Waals surface area contributed by atoms with Crippen LogP contribution in [0.15, 0.2) is 12.1 Å². The summed E-state index contributed by atoms with van der Waals surface area (Å²) in [6.45, 7) is 3.14. The molecule has 2 rings (SSSR count). The molecule has 0 saturated carbocycles. The molecule has 0 amide bonds. The van der Waals surface area contributed by atoms with Crippen molar-refractivity contribution in [2.24, 2.45) is 11.7 Å². The molecule has 2 N–H and O–H groups in total. The van der Waals surface area contributed by atoms with Gasteiger partial charge in [0.05, 0.1) is 23.8 Å². The van der Waals surface area contributed by atoms with Gasteiger partial charge in [0.15, 0.2) is 11.6 Å². The molecule has 1 aliphatic rings. The fraction of sp³-hybridized carbons (Fsp3) is 0.500. The molecule has 19 heavy (non-hydrogen) atoms. The minimum atomic E-state index is -0.663. The van der Waals surface area contributed by atoms with E-state index in [1.54, 1.807) is 4.90 Å². The Hall–Kier alpha value is -1.89. The summed E-state index contributed by atoms with van der Waals surface area (Å²) in [5.74, 6) is -0.330. The van der Waals surface area contributed by atoms with E-state index < -0.39 is 10.7 Å². The molecule has 1 saturated heterocycles. The lowest BCUT2D eigenvalue weighted by Gasteiger charge is -2.19. The number of ether oxygens (including phenoxy) is 1. The maximum Gasteiger partial charge on any atom is 0.313 e. The van der Waals surface area contributed by atoms with Gasteiger partial charge in [0.2, 0.25) is 0 Å². The molecule has 1 aliphatic heterocycles. The van der Waals surface area contributed by atoms with Crippen molar-refractivity contribution in [3.63, 3.8) is 0 Å². The van der Waals surface area contributed by atoms with E-state index >= 15 is 0 Å². The molecular formula is C12H16FN3O3. The van der Waals surface area contributed by atoms with E-state index in [9.17, 15) is 14.5 Å². The highest BCUT2D eigenvalue weighted by Gasteiger charge is 2.30. The van der Waals surface area contributed by atoms with Gasteiger partial charge in [-0.3, -0.25) is 10.1 Å². The highest BCUT2D eigenvalue weighted by atomic mass is 19.1. The van der Waals surface area contributed by atoms with Gasteiger partial charge in [-0.1, -0.05) is 6.92 Å². The molecular weight excluding hydrogens is 253 g/mol. The van der Waals surface area contributed by atoms with E-state index in [2.05, 4.69) is 0 Å². The topological polar surface area (TPSA) is 81.6 Å². The molecule has 0 aromatic heterocycles.